The van der Waals surface area contributed by atoms with Crippen LogP contribution in [0, 0.1) is 10.1 Å². The minimum Gasteiger partial charge on any atom is -0.334 e. The van der Waals surface area contributed by atoms with Gasteiger partial charge in [0, 0.05) is 16.4 Å². The zero-order valence-electron chi connectivity index (χ0n) is 12.3. The molecule has 120 valence electrons. The van der Waals surface area contributed by atoms with Crippen molar-refractivity contribution in [2.75, 3.05) is 10.6 Å². The topological polar surface area (TPSA) is 93.0 Å². The maximum absolute atomic E-state index is 11.5. The molecule has 3 aromatic rings. The lowest BCUT2D eigenvalue weighted by Gasteiger charge is -2.10. The lowest BCUT2D eigenvalue weighted by molar-refractivity contribution is -0.383. The van der Waals surface area contributed by atoms with Crippen molar-refractivity contribution in [2.24, 2.45) is 0 Å². The van der Waals surface area contributed by atoms with Gasteiger partial charge in [-0.2, -0.15) is 0 Å². The summed E-state index contributed by atoms with van der Waals surface area (Å²) in [4.78, 5) is 18.9. The van der Waals surface area contributed by atoms with Crippen molar-refractivity contribution in [2.45, 2.75) is 0 Å². The van der Waals surface area contributed by atoms with Gasteiger partial charge < -0.3 is 10.6 Å². The zero-order chi connectivity index (χ0) is 16.9. The molecular weight excluding hydrogens is 330 g/mol. The van der Waals surface area contributed by atoms with Gasteiger partial charge in [-0.3, -0.25) is 10.1 Å². The third-order valence-corrected chi connectivity index (χ3v) is 3.36. The van der Waals surface area contributed by atoms with Crippen LogP contribution >= 0.6 is 11.6 Å². The van der Waals surface area contributed by atoms with E-state index in [1.54, 1.807) is 36.4 Å². The second-order valence-electron chi connectivity index (χ2n) is 4.80. The van der Waals surface area contributed by atoms with Crippen LogP contribution in [0.1, 0.15) is 0 Å². The molecule has 0 saturated carbocycles. The number of nitro groups is 1. The predicted octanol–water partition coefficient (Wildman–Crippen LogP) is 4.53. The molecule has 1 heterocycles. The van der Waals surface area contributed by atoms with Crippen LogP contribution in [-0.4, -0.2) is 14.9 Å². The molecule has 0 fully saturated rings. The first-order valence-corrected chi connectivity index (χ1v) is 7.35. The molecule has 2 N–H and O–H groups in total. The molecule has 0 aliphatic rings. The average Bonchev–Trinajstić information content (AvgIpc) is 2.56. The smallest absolute Gasteiger partial charge is 0.334 e. The number of nitrogens with one attached hydrogen (secondary N) is 2. The molecule has 1 aromatic heterocycles. The summed E-state index contributed by atoms with van der Waals surface area (Å²) in [6.07, 6.45) is 1.26. The van der Waals surface area contributed by atoms with Crippen molar-refractivity contribution >= 4 is 40.3 Å². The Kier molecular flexibility index (Phi) is 4.53. The van der Waals surface area contributed by atoms with Crippen molar-refractivity contribution in [3.05, 3.63) is 76.1 Å². The molecule has 0 amide bonds. The summed E-state index contributed by atoms with van der Waals surface area (Å²) in [5, 5.41) is 17.9. The molecule has 0 atom stereocenters. The second-order valence-corrected chi connectivity index (χ2v) is 5.24. The quantitative estimate of drug-likeness (QED) is 0.523. The van der Waals surface area contributed by atoms with Gasteiger partial charge in [-0.25, -0.2) is 9.97 Å². The zero-order valence-corrected chi connectivity index (χ0v) is 13.1. The van der Waals surface area contributed by atoms with Gasteiger partial charge in [0.25, 0.3) is 0 Å². The molecule has 0 saturated heterocycles. The molecule has 0 bridgehead atoms. The number of hydrogen-bond acceptors (Lipinski definition) is 6. The summed E-state index contributed by atoms with van der Waals surface area (Å²) in [6.45, 7) is 0. The number of halogens is 1. The fourth-order valence-electron chi connectivity index (χ4n) is 2.10. The number of benzene rings is 2. The Morgan fingerprint density at radius 2 is 1.54 bits per heavy atom. The van der Waals surface area contributed by atoms with Crippen molar-refractivity contribution in [1.29, 1.82) is 0 Å². The van der Waals surface area contributed by atoms with E-state index in [-0.39, 0.29) is 17.3 Å². The third kappa shape index (κ3) is 3.58. The molecular formula is C16H12ClN5O2. The van der Waals surface area contributed by atoms with Gasteiger partial charge in [-0.15, -0.1) is 0 Å². The van der Waals surface area contributed by atoms with Crippen LogP contribution in [0.3, 0.4) is 0 Å². The molecule has 8 heteroatoms. The summed E-state index contributed by atoms with van der Waals surface area (Å²) < 4.78 is 0. The van der Waals surface area contributed by atoms with Crippen LogP contribution < -0.4 is 10.6 Å². The molecule has 24 heavy (non-hydrogen) atoms. The first-order chi connectivity index (χ1) is 11.6. The fraction of sp³-hybridized carbons (Fsp3) is 0. The van der Waals surface area contributed by atoms with Gasteiger partial charge >= 0.3 is 5.69 Å². The highest BCUT2D eigenvalue weighted by atomic mass is 35.5. The molecule has 7 nitrogen and oxygen atoms in total. The summed E-state index contributed by atoms with van der Waals surface area (Å²) in [5.41, 5.74) is 1.03. The summed E-state index contributed by atoms with van der Waals surface area (Å²) in [5.74, 6) is 0.182. The van der Waals surface area contributed by atoms with Crippen LogP contribution in [-0.2, 0) is 0 Å². The van der Waals surface area contributed by atoms with E-state index in [1.807, 2.05) is 18.2 Å². The van der Waals surface area contributed by atoms with E-state index in [4.69, 9.17) is 11.6 Å². The number of aromatic nitrogens is 2. The van der Waals surface area contributed by atoms with Crippen LogP contribution in [0.5, 0.6) is 0 Å². The van der Waals surface area contributed by atoms with Crippen molar-refractivity contribution in [1.82, 2.24) is 9.97 Å². The number of para-hydroxylation sites is 1. The Labute approximate surface area is 142 Å². The highest BCUT2D eigenvalue weighted by molar-refractivity contribution is 6.30. The van der Waals surface area contributed by atoms with Crippen LogP contribution in [0.4, 0.5) is 28.7 Å². The summed E-state index contributed by atoms with van der Waals surface area (Å²) in [6, 6.07) is 15.9. The van der Waals surface area contributed by atoms with Gasteiger partial charge in [-0.1, -0.05) is 35.9 Å². The largest absolute Gasteiger partial charge is 0.353 e. The number of nitrogens with zero attached hydrogens (tertiary/aromatic N) is 3. The van der Waals surface area contributed by atoms with E-state index < -0.39 is 4.92 Å². The number of rotatable bonds is 5. The van der Waals surface area contributed by atoms with E-state index >= 15 is 0 Å². The third-order valence-electron chi connectivity index (χ3n) is 3.13. The Morgan fingerprint density at radius 1 is 0.917 bits per heavy atom. The van der Waals surface area contributed by atoms with E-state index in [1.165, 1.54) is 6.33 Å². The highest BCUT2D eigenvalue weighted by Gasteiger charge is 2.23. The van der Waals surface area contributed by atoms with Gasteiger partial charge in [-0.05, 0) is 30.3 Å². The standard InChI is InChI=1S/C16H12ClN5O2/c17-11-5-4-8-13(9-11)21-16-14(22(23)24)15(18-10-19-16)20-12-6-2-1-3-7-12/h1-10H,(H2,18,19,20,21). The Balaban J connectivity index is 1.97. The Bertz CT molecular complexity index is 873. The average molecular weight is 342 g/mol. The van der Waals surface area contributed by atoms with Gasteiger partial charge in [0.15, 0.2) is 0 Å². The van der Waals surface area contributed by atoms with Crippen LogP contribution in [0.15, 0.2) is 60.9 Å². The predicted molar refractivity (Wildman–Crippen MR) is 93.1 cm³/mol. The summed E-state index contributed by atoms with van der Waals surface area (Å²) >= 11 is 5.93. The van der Waals surface area contributed by atoms with Gasteiger partial charge in [0.1, 0.15) is 6.33 Å². The van der Waals surface area contributed by atoms with Gasteiger partial charge in [0.05, 0.1) is 4.92 Å². The normalized spacial score (nSPS) is 10.2. The Morgan fingerprint density at radius 3 is 2.17 bits per heavy atom. The van der Waals surface area contributed by atoms with E-state index in [9.17, 15) is 10.1 Å². The molecule has 0 aliphatic heterocycles. The lowest BCUT2D eigenvalue weighted by atomic mass is 10.3. The van der Waals surface area contributed by atoms with Crippen molar-refractivity contribution in [3.63, 3.8) is 0 Å². The molecule has 0 radical (unpaired) electrons. The lowest BCUT2D eigenvalue weighted by Crippen LogP contribution is -2.05. The van der Waals surface area contributed by atoms with E-state index in [0.29, 0.717) is 16.4 Å². The van der Waals surface area contributed by atoms with E-state index in [2.05, 4.69) is 20.6 Å². The van der Waals surface area contributed by atoms with Crippen LogP contribution in [0.2, 0.25) is 5.02 Å². The molecule has 2 aromatic carbocycles. The monoisotopic (exact) mass is 341 g/mol. The van der Waals surface area contributed by atoms with Crippen molar-refractivity contribution in [3.8, 4) is 0 Å². The maximum atomic E-state index is 11.5. The van der Waals surface area contributed by atoms with Crippen LogP contribution in [0.25, 0.3) is 0 Å². The fourth-order valence-corrected chi connectivity index (χ4v) is 2.29. The maximum Gasteiger partial charge on any atom is 0.353 e. The first-order valence-electron chi connectivity index (χ1n) is 6.97. The molecule has 3 rings (SSSR count). The molecule has 0 spiro atoms. The minimum atomic E-state index is -0.530. The molecule has 0 unspecified atom stereocenters. The second kappa shape index (κ2) is 6.93. The minimum absolute atomic E-state index is 0.0793. The van der Waals surface area contributed by atoms with E-state index in [0.717, 1.165) is 0 Å². The summed E-state index contributed by atoms with van der Waals surface area (Å²) in [7, 11) is 0. The first kappa shape index (κ1) is 15.7. The highest BCUT2D eigenvalue weighted by Crippen LogP contribution is 2.33. The Hall–Kier alpha value is -3.19. The molecule has 0 aliphatic carbocycles. The van der Waals surface area contributed by atoms with Crippen molar-refractivity contribution < 1.29 is 4.92 Å². The number of anilines is 4. The van der Waals surface area contributed by atoms with Gasteiger partial charge in [0.2, 0.25) is 11.6 Å². The SMILES string of the molecule is O=[N+]([O-])c1c(Nc2ccccc2)ncnc1Nc1cccc(Cl)c1. The number of hydrogen-bond donors (Lipinski definition) is 2.